The normalized spacial score (nSPS) is 14.9. The molecule has 0 spiro atoms. The molecular weight excluding hydrogens is 617 g/mol. The number of alkyl carbamates (subject to hydrolysis) is 1. The van der Waals surface area contributed by atoms with Crippen LogP contribution in [0, 0.1) is 10.5 Å². The van der Waals surface area contributed by atoms with Crippen LogP contribution < -0.4 is 10.2 Å². The van der Waals surface area contributed by atoms with Gasteiger partial charge < -0.3 is 24.6 Å². The number of nitrogens with one attached hydrogen (secondary N) is 1. The largest absolute Gasteiger partial charge is 0.449 e. The topological polar surface area (TPSA) is 71.1 Å². The predicted octanol–water partition coefficient (Wildman–Crippen LogP) is 6.70. The van der Waals surface area contributed by atoms with Crippen molar-refractivity contribution < 1.29 is 19.1 Å². The minimum absolute atomic E-state index is 0.0310. The fourth-order valence-corrected chi connectivity index (χ4v) is 6.18. The van der Waals surface area contributed by atoms with Crippen LogP contribution in [0.1, 0.15) is 48.9 Å². The molecule has 1 aliphatic carbocycles. The van der Waals surface area contributed by atoms with Gasteiger partial charge in [-0.3, -0.25) is 0 Å². The van der Waals surface area contributed by atoms with E-state index >= 15 is 0 Å². The summed E-state index contributed by atoms with van der Waals surface area (Å²) in [6, 6.07) is 20.9. The van der Waals surface area contributed by atoms with Crippen LogP contribution in [0.5, 0.6) is 0 Å². The molecule has 3 aromatic rings. The smallest absolute Gasteiger partial charge is 0.410 e. The number of hydrogen-bond donors (Lipinski definition) is 1. The van der Waals surface area contributed by atoms with Crippen molar-refractivity contribution in [2.75, 3.05) is 37.7 Å². The Kier molecular flexibility index (Phi) is 8.26. The monoisotopic (exact) mass is 653 g/mol. The Morgan fingerprint density at radius 2 is 1.55 bits per heavy atom. The second-order valence-electron chi connectivity index (χ2n) is 11.3. The number of halogens is 1. The molecule has 1 aliphatic heterocycles. The molecule has 3 aromatic carbocycles. The molecule has 0 bridgehead atoms. The first-order chi connectivity index (χ1) is 19.1. The fraction of sp³-hybridized carbons (Fsp3) is 0.375. The third-order valence-electron chi connectivity index (χ3n) is 7.49. The van der Waals surface area contributed by atoms with Gasteiger partial charge in [0.1, 0.15) is 12.2 Å². The zero-order valence-electron chi connectivity index (χ0n) is 23.5. The number of nitrogens with zero attached hydrogens (tertiary/aromatic N) is 2. The summed E-state index contributed by atoms with van der Waals surface area (Å²) >= 11 is 2.32. The van der Waals surface area contributed by atoms with Crippen LogP contribution >= 0.6 is 22.6 Å². The van der Waals surface area contributed by atoms with Crippen LogP contribution in [0.2, 0.25) is 0 Å². The van der Waals surface area contributed by atoms with Crippen molar-refractivity contribution in [2.24, 2.45) is 0 Å². The highest BCUT2D eigenvalue weighted by molar-refractivity contribution is 14.1. The first-order valence-electron chi connectivity index (χ1n) is 13.7. The van der Waals surface area contributed by atoms with Crippen LogP contribution in [-0.4, -0.2) is 55.5 Å². The highest BCUT2D eigenvalue weighted by Gasteiger charge is 2.29. The summed E-state index contributed by atoms with van der Waals surface area (Å²) in [7, 11) is 0. The molecule has 40 heavy (non-hydrogen) atoms. The average molecular weight is 654 g/mol. The maximum Gasteiger partial charge on any atom is 0.410 e. The molecule has 2 amide bonds. The molecule has 1 N–H and O–H groups in total. The van der Waals surface area contributed by atoms with Gasteiger partial charge in [0.25, 0.3) is 0 Å². The van der Waals surface area contributed by atoms with E-state index in [1.807, 2.05) is 45.0 Å². The van der Waals surface area contributed by atoms with Gasteiger partial charge >= 0.3 is 12.2 Å². The third kappa shape index (κ3) is 6.22. The van der Waals surface area contributed by atoms with Crippen LogP contribution in [-0.2, 0) is 16.0 Å². The lowest BCUT2D eigenvalue weighted by molar-refractivity contribution is 0.0240. The molecule has 7 nitrogen and oxygen atoms in total. The molecule has 1 heterocycles. The summed E-state index contributed by atoms with van der Waals surface area (Å²) in [5, 5.41) is 2.96. The standard InChI is InChI=1S/C32H36IN3O4/c1-21-22(17-23(33)18-29(21)35-13-15-36(16-14-35)31(38)40-32(2,3)4)19-34-30(37)39-20-28-26-11-7-5-9-24(26)25-10-6-8-12-27(25)28/h5-12,17-18,28H,13-16,19-20H2,1-4H3,(H,34,37). The zero-order chi connectivity index (χ0) is 28.4. The Hall–Kier alpha value is -3.27. The van der Waals surface area contributed by atoms with Gasteiger partial charge in [0.2, 0.25) is 0 Å². The van der Waals surface area contributed by atoms with Crippen molar-refractivity contribution in [3.8, 4) is 11.1 Å². The van der Waals surface area contributed by atoms with Crippen molar-refractivity contribution in [2.45, 2.75) is 45.8 Å². The lowest BCUT2D eigenvalue weighted by Crippen LogP contribution is -2.50. The minimum Gasteiger partial charge on any atom is -0.449 e. The molecule has 1 saturated heterocycles. The third-order valence-corrected chi connectivity index (χ3v) is 8.11. The van der Waals surface area contributed by atoms with E-state index in [4.69, 9.17) is 9.47 Å². The first-order valence-corrected chi connectivity index (χ1v) is 14.8. The van der Waals surface area contributed by atoms with Crippen LogP contribution in [0.25, 0.3) is 11.1 Å². The zero-order valence-corrected chi connectivity index (χ0v) is 25.7. The van der Waals surface area contributed by atoms with E-state index in [-0.39, 0.29) is 12.0 Å². The summed E-state index contributed by atoms with van der Waals surface area (Å²) < 4.78 is 12.4. The fourth-order valence-electron chi connectivity index (χ4n) is 5.51. The Bertz CT molecular complexity index is 1360. The van der Waals surface area contributed by atoms with Crippen molar-refractivity contribution >= 4 is 40.5 Å². The van der Waals surface area contributed by atoms with Gasteiger partial charge in [0, 0.05) is 47.9 Å². The quantitative estimate of drug-likeness (QED) is 0.311. The number of anilines is 1. The van der Waals surface area contributed by atoms with Gasteiger partial charge in [0.05, 0.1) is 0 Å². The average Bonchev–Trinajstić information content (AvgIpc) is 3.25. The number of carbonyl (C=O) groups excluding carboxylic acids is 2. The van der Waals surface area contributed by atoms with Crippen LogP contribution in [0.4, 0.5) is 15.3 Å². The van der Waals surface area contributed by atoms with E-state index in [0.29, 0.717) is 26.2 Å². The lowest BCUT2D eigenvalue weighted by Gasteiger charge is -2.37. The number of ether oxygens (including phenoxy) is 2. The van der Waals surface area contributed by atoms with Crippen molar-refractivity contribution in [1.29, 1.82) is 0 Å². The maximum atomic E-state index is 12.8. The number of piperazine rings is 1. The Morgan fingerprint density at radius 1 is 0.950 bits per heavy atom. The maximum absolute atomic E-state index is 12.8. The van der Waals surface area contributed by atoms with Gasteiger partial charge in [-0.15, -0.1) is 0 Å². The molecule has 1 fully saturated rings. The lowest BCUT2D eigenvalue weighted by atomic mass is 9.98. The molecular formula is C32H36IN3O4. The molecule has 0 saturated carbocycles. The summed E-state index contributed by atoms with van der Waals surface area (Å²) in [4.78, 5) is 29.3. The number of benzene rings is 3. The van der Waals surface area contributed by atoms with Gasteiger partial charge in [-0.1, -0.05) is 48.5 Å². The van der Waals surface area contributed by atoms with Crippen molar-refractivity contribution in [3.05, 3.63) is 86.5 Å². The second-order valence-corrected chi connectivity index (χ2v) is 12.6. The predicted molar refractivity (Wildman–Crippen MR) is 166 cm³/mol. The first kappa shape index (κ1) is 28.3. The summed E-state index contributed by atoms with van der Waals surface area (Å²) in [6.45, 7) is 11.1. The summed E-state index contributed by atoms with van der Waals surface area (Å²) in [5.74, 6) is 0.0310. The van der Waals surface area contributed by atoms with Gasteiger partial charge in [-0.05, 0) is 95.8 Å². The summed E-state index contributed by atoms with van der Waals surface area (Å²) in [6.07, 6.45) is -0.688. The molecule has 2 aliphatic rings. The van der Waals surface area contributed by atoms with Gasteiger partial charge in [-0.2, -0.15) is 0 Å². The van der Waals surface area contributed by atoms with Crippen molar-refractivity contribution in [3.63, 3.8) is 0 Å². The Balaban J connectivity index is 1.19. The van der Waals surface area contributed by atoms with E-state index < -0.39 is 11.7 Å². The van der Waals surface area contributed by atoms with E-state index in [2.05, 4.69) is 76.1 Å². The molecule has 0 radical (unpaired) electrons. The number of hydrogen-bond acceptors (Lipinski definition) is 5. The molecule has 0 aromatic heterocycles. The van der Waals surface area contributed by atoms with Crippen LogP contribution in [0.15, 0.2) is 60.7 Å². The molecule has 0 unspecified atom stereocenters. The number of rotatable bonds is 5. The van der Waals surface area contributed by atoms with E-state index in [0.717, 1.165) is 33.5 Å². The highest BCUT2D eigenvalue weighted by Crippen LogP contribution is 2.44. The van der Waals surface area contributed by atoms with Crippen LogP contribution in [0.3, 0.4) is 0 Å². The SMILES string of the molecule is Cc1c(CNC(=O)OCC2c3ccccc3-c3ccccc32)cc(I)cc1N1CCN(C(=O)OC(C)(C)C)CC1. The van der Waals surface area contributed by atoms with Gasteiger partial charge in [0.15, 0.2) is 0 Å². The number of carbonyl (C=O) groups is 2. The second kappa shape index (κ2) is 11.7. The molecule has 8 heteroatoms. The summed E-state index contributed by atoms with van der Waals surface area (Å²) in [5.41, 5.74) is 7.59. The minimum atomic E-state index is -0.504. The Morgan fingerprint density at radius 3 is 2.15 bits per heavy atom. The van der Waals surface area contributed by atoms with E-state index in [1.54, 1.807) is 4.90 Å². The number of amides is 2. The number of fused-ring (bicyclic) bond motifs is 3. The van der Waals surface area contributed by atoms with Crippen molar-refractivity contribution in [1.82, 2.24) is 10.2 Å². The molecule has 5 rings (SSSR count). The molecule has 0 atom stereocenters. The molecule has 210 valence electrons. The van der Waals surface area contributed by atoms with Gasteiger partial charge in [-0.25, -0.2) is 9.59 Å². The van der Waals surface area contributed by atoms with E-state index in [1.165, 1.54) is 22.3 Å². The Labute approximate surface area is 250 Å². The van der Waals surface area contributed by atoms with E-state index in [9.17, 15) is 9.59 Å². The highest BCUT2D eigenvalue weighted by atomic mass is 127.